The van der Waals surface area contributed by atoms with Crippen molar-refractivity contribution in [1.29, 1.82) is 0 Å². The normalized spacial score (nSPS) is 22.2. The summed E-state index contributed by atoms with van der Waals surface area (Å²) in [5, 5.41) is 6.21. The molecule has 2 saturated carbocycles. The molecule has 2 N–H and O–H groups in total. The highest BCUT2D eigenvalue weighted by molar-refractivity contribution is 5.93. The van der Waals surface area contributed by atoms with Gasteiger partial charge in [0.25, 0.3) is 0 Å². The first kappa shape index (κ1) is 19.7. The fourth-order valence-electron chi connectivity index (χ4n) is 3.97. The summed E-state index contributed by atoms with van der Waals surface area (Å²) >= 11 is 0. The van der Waals surface area contributed by atoms with E-state index in [1.165, 1.54) is 5.69 Å². The van der Waals surface area contributed by atoms with E-state index in [2.05, 4.69) is 41.5 Å². The van der Waals surface area contributed by atoms with E-state index in [1.54, 1.807) is 0 Å². The molecule has 0 unspecified atom stereocenters. The number of amides is 2. The molecule has 2 aliphatic rings. The first-order chi connectivity index (χ1) is 13.0. The van der Waals surface area contributed by atoms with Gasteiger partial charge in [0.2, 0.25) is 11.8 Å². The summed E-state index contributed by atoms with van der Waals surface area (Å²) in [6, 6.07) is 6.65. The van der Waals surface area contributed by atoms with Crippen LogP contribution in [0, 0.1) is 18.8 Å². The third-order valence-corrected chi connectivity index (χ3v) is 5.99. The number of hydrogen-bond acceptors (Lipinski definition) is 3. The van der Waals surface area contributed by atoms with E-state index < -0.39 is 0 Å². The van der Waals surface area contributed by atoms with Crippen molar-refractivity contribution in [2.75, 3.05) is 23.3 Å². The van der Waals surface area contributed by atoms with Gasteiger partial charge in [-0.15, -0.1) is 0 Å². The van der Waals surface area contributed by atoms with E-state index in [0.29, 0.717) is 6.04 Å². The standard InChI is InChI=1S/C22H33N3O2/c1-4-25(5-2)19-12-13-20(15(3)14-19)24-22(27)17-8-6-16(7-9-17)21(26)23-18-10-11-18/h12-14,16-18H,4-11H2,1-3H3,(H,23,26)(H,24,27). The third kappa shape index (κ3) is 5.02. The van der Waals surface area contributed by atoms with Crippen LogP contribution in [0.1, 0.15) is 57.9 Å². The molecule has 2 aliphatic carbocycles. The maximum Gasteiger partial charge on any atom is 0.227 e. The van der Waals surface area contributed by atoms with E-state index in [4.69, 9.17) is 0 Å². The van der Waals surface area contributed by atoms with Gasteiger partial charge in [-0.05, 0) is 83.1 Å². The van der Waals surface area contributed by atoms with Gasteiger partial charge < -0.3 is 15.5 Å². The Morgan fingerprint density at radius 1 is 0.963 bits per heavy atom. The monoisotopic (exact) mass is 371 g/mol. The van der Waals surface area contributed by atoms with Gasteiger partial charge >= 0.3 is 0 Å². The van der Waals surface area contributed by atoms with E-state index in [9.17, 15) is 9.59 Å². The van der Waals surface area contributed by atoms with Crippen molar-refractivity contribution < 1.29 is 9.59 Å². The van der Waals surface area contributed by atoms with Crippen molar-refractivity contribution in [2.24, 2.45) is 11.8 Å². The highest BCUT2D eigenvalue weighted by Crippen LogP contribution is 2.31. The van der Waals surface area contributed by atoms with E-state index in [1.807, 2.05) is 13.0 Å². The lowest BCUT2D eigenvalue weighted by Crippen LogP contribution is -2.36. The van der Waals surface area contributed by atoms with Crippen LogP contribution >= 0.6 is 0 Å². The number of nitrogens with zero attached hydrogens (tertiary/aromatic N) is 1. The van der Waals surface area contributed by atoms with E-state index >= 15 is 0 Å². The quantitative estimate of drug-likeness (QED) is 0.765. The Balaban J connectivity index is 1.52. The zero-order valence-corrected chi connectivity index (χ0v) is 16.9. The largest absolute Gasteiger partial charge is 0.372 e. The van der Waals surface area contributed by atoms with Crippen LogP contribution in [0.15, 0.2) is 18.2 Å². The number of nitrogens with one attached hydrogen (secondary N) is 2. The maximum absolute atomic E-state index is 12.7. The SMILES string of the molecule is CCN(CC)c1ccc(NC(=O)C2CCC(C(=O)NC3CC3)CC2)c(C)c1. The molecule has 148 valence electrons. The number of hydrogen-bond donors (Lipinski definition) is 2. The summed E-state index contributed by atoms with van der Waals surface area (Å²) < 4.78 is 0. The molecule has 2 amide bonds. The molecule has 0 atom stereocenters. The predicted octanol–water partition coefficient (Wildman–Crippen LogP) is 3.86. The minimum Gasteiger partial charge on any atom is -0.372 e. The molecule has 0 heterocycles. The van der Waals surface area contributed by atoms with Gasteiger partial charge in [0.1, 0.15) is 0 Å². The van der Waals surface area contributed by atoms with Crippen molar-refractivity contribution in [3.63, 3.8) is 0 Å². The molecule has 0 saturated heterocycles. The van der Waals surface area contributed by atoms with Gasteiger partial charge in [0, 0.05) is 42.3 Å². The average Bonchev–Trinajstić information content (AvgIpc) is 3.49. The number of carbonyl (C=O) groups is 2. The molecule has 0 bridgehead atoms. The second-order valence-corrected chi connectivity index (χ2v) is 7.99. The Kier molecular flexibility index (Phi) is 6.40. The highest BCUT2D eigenvalue weighted by atomic mass is 16.2. The molecule has 0 aliphatic heterocycles. The molecule has 0 radical (unpaired) electrons. The number of rotatable bonds is 7. The van der Waals surface area contributed by atoms with Gasteiger partial charge in [-0.25, -0.2) is 0 Å². The average molecular weight is 372 g/mol. The molecule has 27 heavy (non-hydrogen) atoms. The molecule has 5 nitrogen and oxygen atoms in total. The van der Waals surface area contributed by atoms with Gasteiger partial charge in [-0.1, -0.05) is 0 Å². The summed E-state index contributed by atoms with van der Waals surface area (Å²) in [4.78, 5) is 27.2. The number of carbonyl (C=O) groups excluding carboxylic acids is 2. The minimum absolute atomic E-state index is 0.0110. The second-order valence-electron chi connectivity index (χ2n) is 7.99. The molecule has 5 heteroatoms. The lowest BCUT2D eigenvalue weighted by molar-refractivity contribution is -0.128. The van der Waals surface area contributed by atoms with Crippen molar-refractivity contribution in [3.05, 3.63) is 23.8 Å². The van der Waals surface area contributed by atoms with Crippen LogP contribution < -0.4 is 15.5 Å². The molecule has 2 fully saturated rings. The minimum atomic E-state index is 0.0110. The van der Waals surface area contributed by atoms with Crippen LogP contribution in [0.5, 0.6) is 0 Å². The van der Waals surface area contributed by atoms with Crippen molar-refractivity contribution in [2.45, 2.75) is 65.3 Å². The Morgan fingerprint density at radius 3 is 2.07 bits per heavy atom. The molecular weight excluding hydrogens is 338 g/mol. The zero-order valence-electron chi connectivity index (χ0n) is 16.9. The van der Waals surface area contributed by atoms with Crippen LogP contribution in [-0.2, 0) is 9.59 Å². The lowest BCUT2D eigenvalue weighted by atomic mass is 9.81. The fraction of sp³-hybridized carbons (Fsp3) is 0.636. The number of benzene rings is 1. The van der Waals surface area contributed by atoms with Crippen LogP contribution in [0.2, 0.25) is 0 Å². The van der Waals surface area contributed by atoms with E-state index in [0.717, 1.165) is 62.9 Å². The highest BCUT2D eigenvalue weighted by Gasteiger charge is 2.32. The van der Waals surface area contributed by atoms with Crippen LogP contribution in [0.25, 0.3) is 0 Å². The van der Waals surface area contributed by atoms with Gasteiger partial charge in [0.05, 0.1) is 0 Å². The summed E-state index contributed by atoms with van der Waals surface area (Å²) in [7, 11) is 0. The molecular formula is C22H33N3O2. The summed E-state index contributed by atoms with van der Waals surface area (Å²) in [6.07, 6.45) is 5.47. The van der Waals surface area contributed by atoms with Crippen molar-refractivity contribution >= 4 is 23.2 Å². The zero-order chi connectivity index (χ0) is 19.4. The number of aryl methyl sites for hydroxylation is 1. The number of anilines is 2. The predicted molar refractivity (Wildman–Crippen MR) is 110 cm³/mol. The Labute approximate surface area is 162 Å². The fourth-order valence-corrected chi connectivity index (χ4v) is 3.97. The van der Waals surface area contributed by atoms with Gasteiger partial charge in [0.15, 0.2) is 0 Å². The maximum atomic E-state index is 12.7. The Hall–Kier alpha value is -2.04. The first-order valence-corrected chi connectivity index (χ1v) is 10.5. The topological polar surface area (TPSA) is 61.4 Å². The lowest BCUT2D eigenvalue weighted by Gasteiger charge is -2.27. The molecule has 0 spiro atoms. The summed E-state index contributed by atoms with van der Waals surface area (Å²) in [6.45, 7) is 8.28. The van der Waals surface area contributed by atoms with Crippen LogP contribution in [0.3, 0.4) is 0 Å². The van der Waals surface area contributed by atoms with Gasteiger partial charge in [-0.2, -0.15) is 0 Å². The van der Waals surface area contributed by atoms with Crippen LogP contribution in [-0.4, -0.2) is 30.9 Å². The van der Waals surface area contributed by atoms with Crippen molar-refractivity contribution in [1.82, 2.24) is 5.32 Å². The Bertz CT molecular complexity index is 672. The first-order valence-electron chi connectivity index (χ1n) is 10.5. The van der Waals surface area contributed by atoms with Gasteiger partial charge in [-0.3, -0.25) is 9.59 Å². The molecule has 0 aromatic heterocycles. The molecule has 1 aromatic carbocycles. The Morgan fingerprint density at radius 2 is 1.56 bits per heavy atom. The molecule has 1 aromatic rings. The third-order valence-electron chi connectivity index (χ3n) is 5.99. The molecule has 3 rings (SSSR count). The summed E-state index contributed by atoms with van der Waals surface area (Å²) in [5.41, 5.74) is 3.17. The van der Waals surface area contributed by atoms with E-state index in [-0.39, 0.29) is 23.7 Å². The summed E-state index contributed by atoms with van der Waals surface area (Å²) in [5.74, 6) is 0.385. The van der Waals surface area contributed by atoms with Crippen molar-refractivity contribution in [3.8, 4) is 0 Å². The van der Waals surface area contributed by atoms with Crippen LogP contribution in [0.4, 0.5) is 11.4 Å². The second kappa shape index (κ2) is 8.77. The smallest absolute Gasteiger partial charge is 0.227 e.